The summed E-state index contributed by atoms with van der Waals surface area (Å²) >= 11 is 0. The lowest BCUT2D eigenvalue weighted by atomic mass is 9.87. The van der Waals surface area contributed by atoms with Gasteiger partial charge in [-0.3, -0.25) is 0 Å². The molecule has 0 saturated heterocycles. The monoisotopic (exact) mass is 587 g/mol. The maximum atomic E-state index is 13.3. The van der Waals surface area contributed by atoms with E-state index in [4.69, 9.17) is 4.74 Å². The van der Waals surface area contributed by atoms with E-state index in [1.54, 1.807) is 0 Å². The molecule has 0 fully saturated rings. The van der Waals surface area contributed by atoms with Crippen LogP contribution in [0.15, 0.2) is 54.6 Å². The number of hydrogen-bond donors (Lipinski definition) is 0. The average molecular weight is 588 g/mol. The summed E-state index contributed by atoms with van der Waals surface area (Å²) in [6.07, 6.45) is 0. The number of benzene rings is 3. The van der Waals surface area contributed by atoms with E-state index in [0.717, 1.165) is 0 Å². The summed E-state index contributed by atoms with van der Waals surface area (Å²) in [4.78, 5) is 0. The molecule has 0 aliphatic rings. The Bertz CT molecular complexity index is 1480. The molecule has 4 rings (SSSR count). The molecule has 1 aromatic heterocycles. The third kappa shape index (κ3) is 8.52. The Balaban J connectivity index is 0.000000220. The molecular weight excluding hydrogens is 542 g/mol. The van der Waals surface area contributed by atoms with Gasteiger partial charge in [-0.1, -0.05) is 80.5 Å². The molecule has 42 heavy (non-hydrogen) atoms. The van der Waals surface area contributed by atoms with E-state index in [9.17, 15) is 17.6 Å². The van der Waals surface area contributed by atoms with Gasteiger partial charge in [0.25, 0.3) is 0 Å². The highest BCUT2D eigenvalue weighted by molar-refractivity contribution is 5.81. The largest absolute Gasteiger partial charge is 0.494 e. The summed E-state index contributed by atoms with van der Waals surface area (Å²) in [6.45, 7) is 18.2. The van der Waals surface area contributed by atoms with Crippen LogP contribution in [0.3, 0.4) is 0 Å². The van der Waals surface area contributed by atoms with Gasteiger partial charge in [0, 0.05) is 23.7 Å². The summed E-state index contributed by atoms with van der Waals surface area (Å²) < 4.78 is 64.4. The summed E-state index contributed by atoms with van der Waals surface area (Å²) in [5, 5.41) is 1.33. The molecule has 3 aromatic carbocycles. The predicted molar refractivity (Wildman–Crippen MR) is 165 cm³/mol. The zero-order valence-corrected chi connectivity index (χ0v) is 27.0. The van der Waals surface area contributed by atoms with E-state index in [2.05, 4.69) is 67.5 Å². The Kier molecular flexibility index (Phi) is 10.9. The number of aromatic nitrogens is 1. The van der Waals surface area contributed by atoms with Crippen molar-refractivity contribution < 1.29 is 27.0 Å². The van der Waals surface area contributed by atoms with Crippen LogP contribution in [0.25, 0.3) is 10.9 Å². The van der Waals surface area contributed by atoms with Crippen molar-refractivity contribution in [3.63, 3.8) is 0 Å². The fourth-order valence-electron chi connectivity index (χ4n) is 4.34. The molecule has 7 heteroatoms. The Hall–Kier alpha value is -3.48. The van der Waals surface area contributed by atoms with Crippen molar-refractivity contribution in [2.45, 2.75) is 78.6 Å². The second-order valence-electron chi connectivity index (χ2n) is 13.3. The van der Waals surface area contributed by atoms with Gasteiger partial charge in [-0.05, 0) is 63.7 Å². The third-order valence-corrected chi connectivity index (χ3v) is 6.87. The highest BCUT2D eigenvalue weighted by atomic mass is 19.2. The van der Waals surface area contributed by atoms with E-state index >= 15 is 0 Å². The van der Waals surface area contributed by atoms with Crippen LogP contribution in [0.1, 0.15) is 79.1 Å². The highest BCUT2D eigenvalue weighted by Crippen LogP contribution is 2.31. The van der Waals surface area contributed by atoms with Crippen molar-refractivity contribution in [1.82, 2.24) is 4.57 Å². The second-order valence-corrected chi connectivity index (χ2v) is 13.3. The van der Waals surface area contributed by atoms with Crippen molar-refractivity contribution >= 4 is 10.9 Å². The van der Waals surface area contributed by atoms with Crippen LogP contribution >= 0.6 is 0 Å². The number of hydrogen-bond acceptors (Lipinski definition) is 2. The van der Waals surface area contributed by atoms with Crippen molar-refractivity contribution in [3.8, 4) is 11.5 Å². The number of halogens is 4. The van der Waals surface area contributed by atoms with E-state index < -0.39 is 23.3 Å². The first-order chi connectivity index (χ1) is 19.2. The predicted octanol–water partition coefficient (Wildman–Crippen LogP) is 10.0. The maximum Gasteiger partial charge on any atom is 0.200 e. The first-order valence-corrected chi connectivity index (χ1v) is 13.8. The van der Waals surface area contributed by atoms with Crippen LogP contribution < -0.4 is 9.47 Å². The highest BCUT2D eigenvalue weighted by Gasteiger charge is 2.21. The molecule has 3 nitrogen and oxygen atoms in total. The van der Waals surface area contributed by atoms with Crippen LogP contribution in [-0.2, 0) is 23.3 Å². The van der Waals surface area contributed by atoms with Gasteiger partial charge in [-0.2, -0.15) is 4.39 Å². The van der Waals surface area contributed by atoms with E-state index in [0.29, 0.717) is 11.1 Å². The number of ether oxygens (including phenoxy) is 2. The molecule has 4 aromatic rings. The Labute approximate surface area is 248 Å². The Morgan fingerprint density at radius 1 is 0.595 bits per heavy atom. The van der Waals surface area contributed by atoms with E-state index in [-0.39, 0.29) is 27.7 Å². The zero-order valence-electron chi connectivity index (χ0n) is 27.0. The van der Waals surface area contributed by atoms with Crippen molar-refractivity contribution in [2.75, 3.05) is 14.2 Å². The standard InChI is InChI=1S/C13H17N.2C11H14F2O/c1-13(2,3)12-9-10-7-5-6-8-11(10)14(12)4;1-11(2,3)7-5-8(12)10(13)9(6-7)14-4;1-11(2,3)7-5-8(12)10(14-4)9(13)6-7/h5-9H,1-4H3;2*5-6H,1-4H3. The second kappa shape index (κ2) is 13.2. The molecule has 230 valence electrons. The summed E-state index contributed by atoms with van der Waals surface area (Å²) in [7, 11) is 4.71. The SMILES string of the molecule is COc1c(F)cc(C(C)(C)C)cc1F.COc1cc(C(C)(C)C)cc(F)c1F.Cn1c(C(C)(C)C)cc2ccccc21. The van der Waals surface area contributed by atoms with Crippen LogP contribution in [-0.4, -0.2) is 18.8 Å². The molecule has 1 heterocycles. The maximum absolute atomic E-state index is 13.3. The number of nitrogens with zero attached hydrogens (tertiary/aromatic N) is 1. The number of methoxy groups -OCH3 is 2. The fraction of sp³-hybridized carbons (Fsp3) is 0.429. The minimum atomic E-state index is -0.930. The molecule has 0 radical (unpaired) electrons. The smallest absolute Gasteiger partial charge is 0.200 e. The summed E-state index contributed by atoms with van der Waals surface area (Å²) in [6, 6.07) is 16.2. The quantitative estimate of drug-likeness (QED) is 0.218. The minimum Gasteiger partial charge on any atom is -0.494 e. The molecule has 0 spiro atoms. The van der Waals surface area contributed by atoms with Crippen LogP contribution in [0, 0.1) is 23.3 Å². The molecule has 0 aliphatic heterocycles. The van der Waals surface area contributed by atoms with Gasteiger partial charge in [0.15, 0.2) is 29.0 Å². The first kappa shape index (κ1) is 34.7. The van der Waals surface area contributed by atoms with Crippen LogP contribution in [0.4, 0.5) is 17.6 Å². The summed E-state index contributed by atoms with van der Waals surface area (Å²) in [5.74, 6) is -3.47. The average Bonchev–Trinajstić information content (AvgIpc) is 3.22. The molecule has 0 unspecified atom stereocenters. The minimum absolute atomic E-state index is 0.0464. The lowest BCUT2D eigenvalue weighted by molar-refractivity contribution is 0.358. The number of fused-ring (bicyclic) bond motifs is 1. The molecule has 0 saturated carbocycles. The summed E-state index contributed by atoms with van der Waals surface area (Å²) in [5.41, 5.74) is 3.77. The Morgan fingerprint density at radius 3 is 1.50 bits per heavy atom. The fourth-order valence-corrected chi connectivity index (χ4v) is 4.34. The van der Waals surface area contributed by atoms with Gasteiger partial charge in [0.2, 0.25) is 5.82 Å². The van der Waals surface area contributed by atoms with Crippen LogP contribution in [0.5, 0.6) is 11.5 Å². The molecule has 0 N–H and O–H groups in total. The van der Waals surface area contributed by atoms with Crippen molar-refractivity contribution in [3.05, 3.63) is 94.7 Å². The van der Waals surface area contributed by atoms with Gasteiger partial charge in [-0.25, -0.2) is 13.2 Å². The van der Waals surface area contributed by atoms with Gasteiger partial charge in [0.05, 0.1) is 14.2 Å². The zero-order chi connectivity index (χ0) is 32.2. The molecule has 0 atom stereocenters. The van der Waals surface area contributed by atoms with Gasteiger partial charge in [0.1, 0.15) is 0 Å². The van der Waals surface area contributed by atoms with Gasteiger partial charge >= 0.3 is 0 Å². The van der Waals surface area contributed by atoms with E-state index in [1.165, 1.54) is 55.1 Å². The van der Waals surface area contributed by atoms with Crippen molar-refractivity contribution in [2.24, 2.45) is 7.05 Å². The van der Waals surface area contributed by atoms with Crippen LogP contribution in [0.2, 0.25) is 0 Å². The van der Waals surface area contributed by atoms with Crippen molar-refractivity contribution in [1.29, 1.82) is 0 Å². The first-order valence-electron chi connectivity index (χ1n) is 13.8. The van der Waals surface area contributed by atoms with Gasteiger partial charge in [-0.15, -0.1) is 0 Å². The molecular formula is C35H45F4NO2. The lowest BCUT2D eigenvalue weighted by Gasteiger charge is -2.20. The van der Waals surface area contributed by atoms with E-state index in [1.807, 2.05) is 41.5 Å². The topological polar surface area (TPSA) is 23.4 Å². The third-order valence-electron chi connectivity index (χ3n) is 6.87. The Morgan fingerprint density at radius 2 is 1.07 bits per heavy atom. The molecule has 0 aliphatic carbocycles. The number of rotatable bonds is 2. The molecule has 0 bridgehead atoms. The normalized spacial score (nSPS) is 11.8. The molecule has 0 amide bonds. The lowest BCUT2D eigenvalue weighted by Crippen LogP contribution is -2.15. The number of aryl methyl sites for hydroxylation is 1. The van der Waals surface area contributed by atoms with Gasteiger partial charge < -0.3 is 14.0 Å². The number of para-hydroxylation sites is 1.